The molecular weight excluding hydrogens is 280 g/mol. The molecule has 2 heterocycles. The number of ketones is 1. The van der Waals surface area contributed by atoms with Crippen molar-refractivity contribution in [2.45, 2.75) is 19.8 Å². The van der Waals surface area contributed by atoms with Crippen LogP contribution in [0, 0.1) is 0 Å². The largest absolute Gasteiger partial charge is 0.480 e. The first kappa shape index (κ1) is 14.3. The molecule has 0 bridgehead atoms. The van der Waals surface area contributed by atoms with Crippen LogP contribution < -0.4 is 9.47 Å². The summed E-state index contributed by atoms with van der Waals surface area (Å²) in [4.78, 5) is 21.1. The van der Waals surface area contributed by atoms with E-state index in [0.29, 0.717) is 10.6 Å². The van der Waals surface area contributed by atoms with E-state index in [1.165, 1.54) is 20.4 Å². The molecule has 2 rings (SSSR count). The first-order valence-corrected chi connectivity index (χ1v) is 6.67. The predicted octanol–water partition coefficient (Wildman–Crippen LogP) is 1.70. The Bertz CT molecular complexity index is 627. The molecule has 0 aliphatic carbocycles. The third kappa shape index (κ3) is 2.60. The maximum atomic E-state index is 12.5. The summed E-state index contributed by atoms with van der Waals surface area (Å²) in [5, 5.41) is 3.99. The second kappa shape index (κ2) is 5.91. The van der Waals surface area contributed by atoms with Gasteiger partial charge in [0, 0.05) is 0 Å². The Morgan fingerprint density at radius 1 is 1.30 bits per heavy atom. The van der Waals surface area contributed by atoms with Crippen LogP contribution in [0.1, 0.15) is 40.8 Å². The molecule has 0 saturated heterocycles. The molecule has 2 aromatic heterocycles. The number of methoxy groups -OCH3 is 2. The molecule has 0 fully saturated rings. The van der Waals surface area contributed by atoms with E-state index < -0.39 is 0 Å². The first-order valence-electron chi connectivity index (χ1n) is 5.90. The maximum absolute atomic E-state index is 12.5. The summed E-state index contributed by atoms with van der Waals surface area (Å²) < 4.78 is 13.9. The zero-order valence-corrected chi connectivity index (χ0v) is 12.4. The van der Waals surface area contributed by atoms with Crippen molar-refractivity contribution in [1.82, 2.24) is 19.6 Å². The van der Waals surface area contributed by atoms with E-state index in [1.807, 2.05) is 13.8 Å². The number of hydrogen-bond acceptors (Lipinski definition) is 8. The van der Waals surface area contributed by atoms with Crippen molar-refractivity contribution in [2.75, 3.05) is 14.2 Å². The average Bonchev–Trinajstić information content (AvgIpc) is 2.95. The van der Waals surface area contributed by atoms with Gasteiger partial charge in [-0.3, -0.25) is 4.79 Å². The number of carbonyl (C=O) groups excluding carboxylic acids is 1. The quantitative estimate of drug-likeness (QED) is 0.775. The van der Waals surface area contributed by atoms with Crippen molar-refractivity contribution in [1.29, 1.82) is 0 Å². The van der Waals surface area contributed by atoms with Crippen LogP contribution in [0.15, 0.2) is 6.20 Å². The smallest absolute Gasteiger partial charge is 0.247 e. The fourth-order valence-corrected chi connectivity index (χ4v) is 2.35. The number of carbonyl (C=O) groups is 1. The summed E-state index contributed by atoms with van der Waals surface area (Å²) in [5.41, 5.74) is 0.779. The molecule has 0 atom stereocenters. The second-order valence-corrected chi connectivity index (χ2v) is 5.00. The van der Waals surface area contributed by atoms with Gasteiger partial charge in [-0.05, 0) is 17.5 Å². The van der Waals surface area contributed by atoms with E-state index in [2.05, 4.69) is 19.6 Å². The molecule has 8 heteroatoms. The van der Waals surface area contributed by atoms with E-state index in [-0.39, 0.29) is 29.2 Å². The molecule has 0 aromatic carbocycles. The fraction of sp³-hybridized carbons (Fsp3) is 0.417. The molecule has 0 spiro atoms. The Balaban J connectivity index is 2.45. The van der Waals surface area contributed by atoms with Crippen LogP contribution in [0.2, 0.25) is 0 Å². The third-order valence-electron chi connectivity index (χ3n) is 2.60. The van der Waals surface area contributed by atoms with E-state index in [0.717, 1.165) is 11.5 Å². The van der Waals surface area contributed by atoms with Crippen LogP contribution in [0.5, 0.6) is 11.8 Å². The van der Waals surface area contributed by atoms with Crippen LogP contribution in [0.4, 0.5) is 0 Å². The van der Waals surface area contributed by atoms with Gasteiger partial charge in [0.05, 0.1) is 26.1 Å². The molecular formula is C12H14N4O3S. The zero-order chi connectivity index (χ0) is 14.7. The van der Waals surface area contributed by atoms with E-state index in [9.17, 15) is 4.79 Å². The first-order chi connectivity index (χ1) is 9.58. The lowest BCUT2D eigenvalue weighted by Crippen LogP contribution is -2.10. The minimum Gasteiger partial charge on any atom is -0.480 e. The van der Waals surface area contributed by atoms with E-state index in [1.54, 1.807) is 0 Å². The molecule has 0 N–H and O–H groups in total. The van der Waals surface area contributed by atoms with Gasteiger partial charge in [-0.2, -0.15) is 4.98 Å². The number of ether oxygens (including phenoxy) is 2. The van der Waals surface area contributed by atoms with Crippen LogP contribution >= 0.6 is 11.5 Å². The highest BCUT2D eigenvalue weighted by Gasteiger charge is 2.25. The highest BCUT2D eigenvalue weighted by atomic mass is 32.1. The van der Waals surface area contributed by atoms with Gasteiger partial charge in [0.15, 0.2) is 5.69 Å². The molecule has 0 radical (unpaired) electrons. The SMILES string of the molecule is COc1cnc(C(=O)c2snnc2C(C)C)c(OC)n1. The molecule has 106 valence electrons. The minimum absolute atomic E-state index is 0.102. The van der Waals surface area contributed by atoms with Crippen molar-refractivity contribution in [3.8, 4) is 11.8 Å². The topological polar surface area (TPSA) is 87.1 Å². The zero-order valence-electron chi connectivity index (χ0n) is 11.6. The number of nitrogens with zero attached hydrogens (tertiary/aromatic N) is 4. The maximum Gasteiger partial charge on any atom is 0.247 e. The Labute approximate surface area is 120 Å². The van der Waals surface area contributed by atoms with Crippen molar-refractivity contribution in [2.24, 2.45) is 0 Å². The van der Waals surface area contributed by atoms with Gasteiger partial charge in [-0.1, -0.05) is 18.3 Å². The van der Waals surface area contributed by atoms with Gasteiger partial charge in [-0.25, -0.2) is 4.98 Å². The summed E-state index contributed by atoms with van der Waals surface area (Å²) in [6.45, 7) is 3.90. The minimum atomic E-state index is -0.296. The Morgan fingerprint density at radius 3 is 2.65 bits per heavy atom. The van der Waals surface area contributed by atoms with Crippen LogP contribution in [0.25, 0.3) is 0 Å². The summed E-state index contributed by atoms with van der Waals surface area (Å²) in [7, 11) is 2.89. The third-order valence-corrected chi connectivity index (χ3v) is 3.34. The Kier molecular flexibility index (Phi) is 4.23. The van der Waals surface area contributed by atoms with Crippen LogP contribution in [-0.2, 0) is 0 Å². The lowest BCUT2D eigenvalue weighted by Gasteiger charge is -2.07. The van der Waals surface area contributed by atoms with Gasteiger partial charge >= 0.3 is 0 Å². The van der Waals surface area contributed by atoms with Gasteiger partial charge in [0.2, 0.25) is 17.5 Å². The molecule has 20 heavy (non-hydrogen) atoms. The predicted molar refractivity (Wildman–Crippen MR) is 72.6 cm³/mol. The highest BCUT2D eigenvalue weighted by Crippen LogP contribution is 2.26. The highest BCUT2D eigenvalue weighted by molar-refractivity contribution is 7.08. The van der Waals surface area contributed by atoms with Crippen molar-refractivity contribution < 1.29 is 14.3 Å². The lowest BCUT2D eigenvalue weighted by molar-refractivity contribution is 0.103. The van der Waals surface area contributed by atoms with Gasteiger partial charge < -0.3 is 9.47 Å². The van der Waals surface area contributed by atoms with Gasteiger partial charge in [-0.15, -0.1) is 5.10 Å². The van der Waals surface area contributed by atoms with Crippen molar-refractivity contribution in [3.63, 3.8) is 0 Å². The summed E-state index contributed by atoms with van der Waals surface area (Å²) in [6.07, 6.45) is 1.37. The van der Waals surface area contributed by atoms with Crippen molar-refractivity contribution >= 4 is 17.3 Å². The molecule has 0 unspecified atom stereocenters. The number of rotatable bonds is 5. The lowest BCUT2D eigenvalue weighted by atomic mass is 10.1. The molecule has 0 saturated carbocycles. The normalized spacial score (nSPS) is 10.7. The monoisotopic (exact) mass is 294 g/mol. The van der Waals surface area contributed by atoms with Crippen molar-refractivity contribution in [3.05, 3.63) is 22.5 Å². The Morgan fingerprint density at radius 2 is 2.05 bits per heavy atom. The van der Waals surface area contributed by atoms with Crippen LogP contribution in [0.3, 0.4) is 0 Å². The average molecular weight is 294 g/mol. The molecule has 7 nitrogen and oxygen atoms in total. The fourth-order valence-electron chi connectivity index (χ4n) is 1.59. The molecule has 0 aliphatic heterocycles. The summed E-state index contributed by atoms with van der Waals surface area (Å²) in [5.74, 6) is 0.211. The molecule has 0 amide bonds. The molecule has 2 aromatic rings. The summed E-state index contributed by atoms with van der Waals surface area (Å²) >= 11 is 1.04. The van der Waals surface area contributed by atoms with Gasteiger partial charge in [0.25, 0.3) is 0 Å². The van der Waals surface area contributed by atoms with Gasteiger partial charge in [0.1, 0.15) is 4.88 Å². The number of hydrogen-bond donors (Lipinski definition) is 0. The standard InChI is InChI=1S/C12H14N4O3S/c1-6(2)8-11(20-16-15-8)10(17)9-12(19-4)14-7(18-3)5-13-9/h5-6H,1-4H3. The van der Waals surface area contributed by atoms with E-state index >= 15 is 0 Å². The Hall–Kier alpha value is -2.09. The summed E-state index contributed by atoms with van der Waals surface area (Å²) in [6, 6.07) is 0. The van der Waals surface area contributed by atoms with E-state index in [4.69, 9.17) is 9.47 Å². The second-order valence-electron chi connectivity index (χ2n) is 4.24. The van der Waals surface area contributed by atoms with Crippen LogP contribution in [-0.4, -0.2) is 39.6 Å². The molecule has 0 aliphatic rings. The number of aromatic nitrogens is 4.